The summed E-state index contributed by atoms with van der Waals surface area (Å²) < 4.78 is 5.07. The van der Waals surface area contributed by atoms with Crippen molar-refractivity contribution in [3.05, 3.63) is 29.3 Å². The van der Waals surface area contributed by atoms with Crippen LogP contribution in [0.15, 0.2) is 18.2 Å². The molecule has 1 unspecified atom stereocenters. The Labute approximate surface area is 94.0 Å². The Morgan fingerprint density at radius 2 is 2.38 bits per heavy atom. The minimum atomic E-state index is -0.224. The molecule has 1 aliphatic heterocycles. The molecule has 4 heteroatoms. The van der Waals surface area contributed by atoms with Crippen molar-refractivity contribution in [1.29, 1.82) is 0 Å². The van der Waals surface area contributed by atoms with Gasteiger partial charge in [-0.2, -0.15) is 0 Å². The number of terminal acetylenes is 1. The summed E-state index contributed by atoms with van der Waals surface area (Å²) in [6, 6.07) is 5.10. The molecule has 0 bridgehead atoms. The lowest BCUT2D eigenvalue weighted by atomic mass is 10.0. The van der Waals surface area contributed by atoms with Crippen LogP contribution in [0, 0.1) is 12.3 Å². The van der Waals surface area contributed by atoms with E-state index in [9.17, 15) is 4.79 Å². The second-order valence-corrected chi connectivity index (χ2v) is 3.59. The highest BCUT2D eigenvalue weighted by Crippen LogP contribution is 2.35. The largest absolute Gasteiger partial charge is 0.497 e. The number of amides is 1. The molecule has 1 aromatic rings. The molecule has 0 saturated heterocycles. The number of nitrogens with zero attached hydrogens (tertiary/aromatic N) is 1. The highest BCUT2D eigenvalue weighted by Gasteiger charge is 2.34. The number of benzene rings is 1. The minimum absolute atomic E-state index is 0.214. The second-order valence-electron chi connectivity index (χ2n) is 3.59. The van der Waals surface area contributed by atoms with Crippen LogP contribution in [-0.2, 0) is 0 Å². The molecule has 4 nitrogen and oxygen atoms in total. The maximum Gasteiger partial charge on any atom is 0.268 e. The number of hydrazine groups is 1. The van der Waals surface area contributed by atoms with Crippen LogP contribution in [0.4, 0.5) is 0 Å². The zero-order valence-electron chi connectivity index (χ0n) is 8.93. The van der Waals surface area contributed by atoms with Gasteiger partial charge in [-0.05, 0) is 17.7 Å². The van der Waals surface area contributed by atoms with Crippen molar-refractivity contribution in [2.45, 2.75) is 12.5 Å². The number of ether oxygens (including phenoxy) is 1. The van der Waals surface area contributed by atoms with E-state index in [-0.39, 0.29) is 11.9 Å². The molecular formula is C12H12N2O2. The Morgan fingerprint density at radius 1 is 1.62 bits per heavy atom. The molecule has 1 amide bonds. The lowest BCUT2D eigenvalue weighted by molar-refractivity contribution is 0.0728. The van der Waals surface area contributed by atoms with E-state index in [1.807, 2.05) is 6.07 Å². The van der Waals surface area contributed by atoms with Crippen LogP contribution >= 0.6 is 0 Å². The van der Waals surface area contributed by atoms with E-state index in [1.54, 1.807) is 19.2 Å². The molecule has 1 aromatic carbocycles. The summed E-state index contributed by atoms with van der Waals surface area (Å²) in [6.07, 6.45) is 5.68. The van der Waals surface area contributed by atoms with Crippen molar-refractivity contribution in [3.8, 4) is 18.1 Å². The maximum absolute atomic E-state index is 11.8. The number of fused-ring (bicyclic) bond motifs is 1. The molecule has 0 aromatic heterocycles. The maximum atomic E-state index is 11.8. The van der Waals surface area contributed by atoms with Gasteiger partial charge in [-0.1, -0.05) is 6.07 Å². The van der Waals surface area contributed by atoms with Gasteiger partial charge in [-0.25, -0.2) is 5.84 Å². The van der Waals surface area contributed by atoms with Gasteiger partial charge in [0.1, 0.15) is 5.75 Å². The number of carbonyl (C=O) groups is 1. The van der Waals surface area contributed by atoms with Crippen molar-refractivity contribution in [3.63, 3.8) is 0 Å². The van der Waals surface area contributed by atoms with E-state index in [1.165, 1.54) is 5.01 Å². The number of carbonyl (C=O) groups excluding carboxylic acids is 1. The third kappa shape index (κ3) is 1.42. The molecule has 0 fully saturated rings. The number of methoxy groups -OCH3 is 1. The third-order valence-corrected chi connectivity index (χ3v) is 2.73. The zero-order chi connectivity index (χ0) is 11.7. The van der Waals surface area contributed by atoms with Crippen LogP contribution < -0.4 is 10.6 Å². The van der Waals surface area contributed by atoms with E-state index < -0.39 is 0 Å². The highest BCUT2D eigenvalue weighted by atomic mass is 16.5. The molecule has 16 heavy (non-hydrogen) atoms. The standard InChI is InChI=1S/C12H12N2O2/c1-3-4-11-9-6-5-8(16-2)7-10(9)12(15)14(11)13/h1,5-7,11H,4,13H2,2H3. The Kier molecular flexibility index (Phi) is 2.55. The molecule has 0 spiro atoms. The lowest BCUT2D eigenvalue weighted by Crippen LogP contribution is -2.34. The van der Waals surface area contributed by atoms with E-state index >= 15 is 0 Å². The van der Waals surface area contributed by atoms with Crippen molar-refractivity contribution >= 4 is 5.91 Å². The first kappa shape index (κ1) is 10.5. The smallest absolute Gasteiger partial charge is 0.268 e. The van der Waals surface area contributed by atoms with E-state index in [0.717, 1.165) is 5.56 Å². The first-order valence-corrected chi connectivity index (χ1v) is 4.88. The number of hydrogen-bond acceptors (Lipinski definition) is 3. The monoisotopic (exact) mass is 216 g/mol. The van der Waals surface area contributed by atoms with Crippen LogP contribution in [-0.4, -0.2) is 18.0 Å². The fourth-order valence-corrected chi connectivity index (χ4v) is 1.89. The summed E-state index contributed by atoms with van der Waals surface area (Å²) in [4.78, 5) is 11.8. The van der Waals surface area contributed by atoms with Crippen molar-refractivity contribution < 1.29 is 9.53 Å². The highest BCUT2D eigenvalue weighted by molar-refractivity contribution is 5.99. The van der Waals surface area contributed by atoms with Crippen molar-refractivity contribution in [2.75, 3.05) is 7.11 Å². The molecule has 1 heterocycles. The Hall–Kier alpha value is -1.99. The van der Waals surface area contributed by atoms with E-state index in [2.05, 4.69) is 5.92 Å². The average Bonchev–Trinajstić information content (AvgIpc) is 2.54. The van der Waals surface area contributed by atoms with Crippen molar-refractivity contribution in [2.24, 2.45) is 5.84 Å². The summed E-state index contributed by atoms with van der Waals surface area (Å²) in [6.45, 7) is 0. The summed E-state index contributed by atoms with van der Waals surface area (Å²) >= 11 is 0. The topological polar surface area (TPSA) is 55.6 Å². The summed E-state index contributed by atoms with van der Waals surface area (Å²) in [5.41, 5.74) is 1.44. The Balaban J connectivity index is 2.48. The van der Waals surface area contributed by atoms with E-state index in [0.29, 0.717) is 17.7 Å². The van der Waals surface area contributed by atoms with Gasteiger partial charge in [0, 0.05) is 12.0 Å². The SMILES string of the molecule is C#CCC1c2ccc(OC)cc2C(=O)N1N. The van der Waals surface area contributed by atoms with Crippen LogP contribution in [0.3, 0.4) is 0 Å². The summed E-state index contributed by atoms with van der Waals surface area (Å²) in [7, 11) is 1.56. The van der Waals surface area contributed by atoms with Crippen LogP contribution in [0.2, 0.25) is 0 Å². The first-order valence-electron chi connectivity index (χ1n) is 4.88. The van der Waals surface area contributed by atoms with Gasteiger partial charge in [-0.15, -0.1) is 12.3 Å². The minimum Gasteiger partial charge on any atom is -0.497 e. The normalized spacial score (nSPS) is 18.2. The number of rotatable bonds is 2. The van der Waals surface area contributed by atoms with Gasteiger partial charge in [-0.3, -0.25) is 9.80 Å². The van der Waals surface area contributed by atoms with Crippen LogP contribution in [0.1, 0.15) is 28.4 Å². The van der Waals surface area contributed by atoms with Gasteiger partial charge >= 0.3 is 0 Å². The van der Waals surface area contributed by atoms with Gasteiger partial charge in [0.25, 0.3) is 5.91 Å². The molecule has 0 radical (unpaired) electrons. The van der Waals surface area contributed by atoms with Crippen LogP contribution in [0.5, 0.6) is 5.75 Å². The Bertz CT molecular complexity index is 476. The summed E-state index contributed by atoms with van der Waals surface area (Å²) in [5, 5.41) is 1.18. The number of hydrogen-bond donors (Lipinski definition) is 1. The fourth-order valence-electron chi connectivity index (χ4n) is 1.89. The quantitative estimate of drug-likeness (QED) is 0.457. The Morgan fingerprint density at radius 3 is 3.00 bits per heavy atom. The molecule has 2 N–H and O–H groups in total. The molecule has 0 saturated carbocycles. The predicted octanol–water partition coefficient (Wildman–Crippen LogP) is 1.09. The molecule has 1 aliphatic rings. The molecule has 1 atom stereocenters. The van der Waals surface area contributed by atoms with E-state index in [4.69, 9.17) is 17.0 Å². The van der Waals surface area contributed by atoms with Gasteiger partial charge in [0.05, 0.1) is 13.2 Å². The molecule has 82 valence electrons. The molecular weight excluding hydrogens is 204 g/mol. The van der Waals surface area contributed by atoms with Crippen molar-refractivity contribution in [1.82, 2.24) is 5.01 Å². The first-order chi connectivity index (χ1) is 7.69. The van der Waals surface area contributed by atoms with Gasteiger partial charge < -0.3 is 4.74 Å². The molecule has 2 rings (SSSR count). The van der Waals surface area contributed by atoms with Gasteiger partial charge in [0.15, 0.2) is 0 Å². The predicted molar refractivity (Wildman–Crippen MR) is 59.5 cm³/mol. The fraction of sp³-hybridized carbons (Fsp3) is 0.250. The summed E-state index contributed by atoms with van der Waals surface area (Å²) in [5.74, 6) is 8.65. The van der Waals surface area contributed by atoms with Gasteiger partial charge in [0.2, 0.25) is 0 Å². The molecule has 0 aliphatic carbocycles. The second kappa shape index (κ2) is 3.87. The lowest BCUT2D eigenvalue weighted by Gasteiger charge is -2.17. The van der Waals surface area contributed by atoms with Crippen LogP contribution in [0.25, 0.3) is 0 Å². The third-order valence-electron chi connectivity index (χ3n) is 2.73. The number of nitrogens with two attached hydrogens (primary N) is 1. The average molecular weight is 216 g/mol. The zero-order valence-corrected chi connectivity index (χ0v) is 8.93.